The van der Waals surface area contributed by atoms with Crippen molar-refractivity contribution in [3.8, 4) is 0 Å². The molecule has 0 aromatic rings. The van der Waals surface area contributed by atoms with Gasteiger partial charge in [0.25, 0.3) is 0 Å². The highest BCUT2D eigenvalue weighted by Gasteiger charge is 2.33. The lowest BCUT2D eigenvalue weighted by atomic mass is 10.00. The van der Waals surface area contributed by atoms with Gasteiger partial charge in [0.1, 0.15) is 6.04 Å². The van der Waals surface area contributed by atoms with E-state index in [9.17, 15) is 9.59 Å². The van der Waals surface area contributed by atoms with Crippen molar-refractivity contribution in [2.75, 3.05) is 20.1 Å². The first-order chi connectivity index (χ1) is 8.49. The Hall–Kier alpha value is -1.10. The van der Waals surface area contributed by atoms with Crippen molar-refractivity contribution in [3.63, 3.8) is 0 Å². The quantitative estimate of drug-likeness (QED) is 0.802. The summed E-state index contributed by atoms with van der Waals surface area (Å²) in [6.45, 7) is 5.50. The summed E-state index contributed by atoms with van der Waals surface area (Å²) in [5.41, 5.74) is 0. The molecular weight excluding hydrogens is 232 g/mol. The van der Waals surface area contributed by atoms with Gasteiger partial charge in [-0.3, -0.25) is 9.69 Å². The predicted molar refractivity (Wildman–Crippen MR) is 69.4 cm³/mol. The second kappa shape index (κ2) is 6.73. The van der Waals surface area contributed by atoms with Crippen LogP contribution in [0.3, 0.4) is 0 Å². The number of hydrogen-bond donors (Lipinski definition) is 1. The molecule has 0 saturated carbocycles. The molecule has 18 heavy (non-hydrogen) atoms. The fraction of sp³-hybridized carbons (Fsp3) is 0.846. The number of carboxylic acids is 1. The molecule has 0 aromatic carbocycles. The van der Waals surface area contributed by atoms with Crippen LogP contribution in [0.4, 0.5) is 0 Å². The molecule has 104 valence electrons. The molecule has 5 heteroatoms. The first-order valence-corrected chi connectivity index (χ1v) is 6.72. The Balaban J connectivity index is 2.70. The molecule has 0 aromatic heterocycles. The van der Waals surface area contributed by atoms with Crippen LogP contribution in [-0.2, 0) is 9.59 Å². The van der Waals surface area contributed by atoms with E-state index in [0.717, 1.165) is 38.8 Å². The van der Waals surface area contributed by atoms with Crippen molar-refractivity contribution in [2.24, 2.45) is 0 Å². The van der Waals surface area contributed by atoms with Crippen molar-refractivity contribution in [3.05, 3.63) is 0 Å². The Bertz CT molecular complexity index is 305. The molecule has 0 aliphatic carbocycles. The summed E-state index contributed by atoms with van der Waals surface area (Å²) in [5, 5.41) is 8.96. The standard InChI is InChI=1S/C13H24N2O3/c1-4-8-15-9-6-5-7-11(15)12(16)14(3)10(2)13(17)18/h10-11H,4-9H2,1-3H3,(H,17,18). The van der Waals surface area contributed by atoms with Gasteiger partial charge in [0.15, 0.2) is 0 Å². The summed E-state index contributed by atoms with van der Waals surface area (Å²) in [7, 11) is 1.58. The third kappa shape index (κ3) is 3.45. The van der Waals surface area contributed by atoms with E-state index in [0.29, 0.717) is 0 Å². The zero-order valence-corrected chi connectivity index (χ0v) is 11.6. The van der Waals surface area contributed by atoms with E-state index < -0.39 is 12.0 Å². The second-order valence-electron chi connectivity index (χ2n) is 5.01. The molecule has 1 saturated heterocycles. The Morgan fingerprint density at radius 2 is 2.11 bits per heavy atom. The lowest BCUT2D eigenvalue weighted by Crippen LogP contribution is -2.53. The predicted octanol–water partition coefficient (Wildman–Crippen LogP) is 1.18. The molecule has 5 nitrogen and oxygen atoms in total. The summed E-state index contributed by atoms with van der Waals surface area (Å²) in [4.78, 5) is 26.8. The van der Waals surface area contributed by atoms with Crippen molar-refractivity contribution in [1.82, 2.24) is 9.80 Å². The highest BCUT2D eigenvalue weighted by molar-refractivity contribution is 5.86. The first kappa shape index (κ1) is 15.0. The molecular formula is C13H24N2O3. The first-order valence-electron chi connectivity index (χ1n) is 6.72. The number of rotatable bonds is 5. The van der Waals surface area contributed by atoms with E-state index >= 15 is 0 Å². The number of carbonyl (C=O) groups excluding carboxylic acids is 1. The maximum absolute atomic E-state index is 12.4. The van der Waals surface area contributed by atoms with Gasteiger partial charge in [-0.1, -0.05) is 13.3 Å². The zero-order chi connectivity index (χ0) is 13.7. The van der Waals surface area contributed by atoms with Gasteiger partial charge in [0.2, 0.25) is 5.91 Å². The van der Waals surface area contributed by atoms with E-state index in [2.05, 4.69) is 11.8 Å². The van der Waals surface area contributed by atoms with Gasteiger partial charge in [0, 0.05) is 7.05 Å². The van der Waals surface area contributed by atoms with E-state index in [-0.39, 0.29) is 11.9 Å². The van der Waals surface area contributed by atoms with Crippen LogP contribution < -0.4 is 0 Å². The summed E-state index contributed by atoms with van der Waals surface area (Å²) in [5.74, 6) is -1.01. The highest BCUT2D eigenvalue weighted by atomic mass is 16.4. The normalized spacial score (nSPS) is 22.5. The number of piperidine rings is 1. The van der Waals surface area contributed by atoms with Crippen LogP contribution in [0.2, 0.25) is 0 Å². The van der Waals surface area contributed by atoms with Crippen molar-refractivity contribution < 1.29 is 14.7 Å². The lowest BCUT2D eigenvalue weighted by molar-refractivity contribution is -0.151. The zero-order valence-electron chi connectivity index (χ0n) is 11.6. The van der Waals surface area contributed by atoms with Crippen molar-refractivity contribution in [1.29, 1.82) is 0 Å². The van der Waals surface area contributed by atoms with Gasteiger partial charge in [0.05, 0.1) is 6.04 Å². The molecule has 1 N–H and O–H groups in total. The van der Waals surface area contributed by atoms with E-state index in [4.69, 9.17) is 5.11 Å². The molecule has 1 rings (SSSR count). The van der Waals surface area contributed by atoms with Crippen molar-refractivity contribution in [2.45, 2.75) is 51.6 Å². The van der Waals surface area contributed by atoms with Crippen LogP contribution >= 0.6 is 0 Å². The summed E-state index contributed by atoms with van der Waals surface area (Å²) < 4.78 is 0. The minimum Gasteiger partial charge on any atom is -0.480 e. The number of hydrogen-bond acceptors (Lipinski definition) is 3. The van der Waals surface area contributed by atoms with Crippen LogP contribution in [0, 0.1) is 0 Å². The topological polar surface area (TPSA) is 60.9 Å². The molecule has 1 aliphatic rings. The SMILES string of the molecule is CCCN1CCCCC1C(=O)N(C)C(C)C(=O)O. The average molecular weight is 256 g/mol. The Kier molecular flexibility index (Phi) is 5.59. The van der Waals surface area contributed by atoms with Gasteiger partial charge in [-0.05, 0) is 39.3 Å². The second-order valence-corrected chi connectivity index (χ2v) is 5.01. The monoisotopic (exact) mass is 256 g/mol. The lowest BCUT2D eigenvalue weighted by Gasteiger charge is -2.37. The average Bonchev–Trinajstić information content (AvgIpc) is 2.37. The van der Waals surface area contributed by atoms with Crippen LogP contribution in [0.15, 0.2) is 0 Å². The molecule has 2 atom stereocenters. The number of aliphatic carboxylic acids is 1. The smallest absolute Gasteiger partial charge is 0.326 e. The number of likely N-dealkylation sites (tertiary alicyclic amines) is 1. The Morgan fingerprint density at radius 1 is 1.44 bits per heavy atom. The largest absolute Gasteiger partial charge is 0.480 e. The molecule has 1 aliphatic heterocycles. The minimum absolute atomic E-state index is 0.0574. The number of carbonyl (C=O) groups is 2. The maximum Gasteiger partial charge on any atom is 0.326 e. The fourth-order valence-electron chi connectivity index (χ4n) is 2.42. The molecule has 2 unspecified atom stereocenters. The molecule has 1 fully saturated rings. The summed E-state index contributed by atoms with van der Waals surface area (Å²) in [6.07, 6.45) is 4.03. The number of nitrogens with zero attached hydrogens (tertiary/aromatic N) is 2. The maximum atomic E-state index is 12.4. The minimum atomic E-state index is -0.955. The third-order valence-corrected chi connectivity index (χ3v) is 3.70. The van der Waals surface area contributed by atoms with E-state index in [1.165, 1.54) is 4.90 Å². The van der Waals surface area contributed by atoms with Crippen molar-refractivity contribution >= 4 is 11.9 Å². The van der Waals surface area contributed by atoms with E-state index in [1.807, 2.05) is 0 Å². The van der Waals surface area contributed by atoms with Gasteiger partial charge in [-0.25, -0.2) is 4.79 Å². The molecule has 1 heterocycles. The highest BCUT2D eigenvalue weighted by Crippen LogP contribution is 2.19. The Morgan fingerprint density at radius 3 is 2.67 bits per heavy atom. The van der Waals surface area contributed by atoms with Gasteiger partial charge in [-0.2, -0.15) is 0 Å². The molecule has 1 amide bonds. The molecule has 0 bridgehead atoms. The molecule has 0 spiro atoms. The summed E-state index contributed by atoms with van der Waals surface area (Å²) >= 11 is 0. The fourth-order valence-corrected chi connectivity index (χ4v) is 2.42. The van der Waals surface area contributed by atoms with Crippen LogP contribution in [0.5, 0.6) is 0 Å². The van der Waals surface area contributed by atoms with Gasteiger partial charge < -0.3 is 10.0 Å². The van der Waals surface area contributed by atoms with Crippen LogP contribution in [0.1, 0.15) is 39.5 Å². The number of carboxylic acid groups (broad SMARTS) is 1. The third-order valence-electron chi connectivity index (χ3n) is 3.70. The van der Waals surface area contributed by atoms with Gasteiger partial charge >= 0.3 is 5.97 Å². The Labute approximate surface area is 109 Å². The van der Waals surface area contributed by atoms with Crippen LogP contribution in [-0.4, -0.2) is 59.0 Å². The van der Waals surface area contributed by atoms with Gasteiger partial charge in [-0.15, -0.1) is 0 Å². The summed E-state index contributed by atoms with van der Waals surface area (Å²) in [6, 6.07) is -0.895. The van der Waals surface area contributed by atoms with Crippen LogP contribution in [0.25, 0.3) is 0 Å². The number of amides is 1. The van der Waals surface area contributed by atoms with E-state index in [1.54, 1.807) is 14.0 Å². The molecule has 0 radical (unpaired) electrons. The number of likely N-dealkylation sites (N-methyl/N-ethyl adjacent to an activating group) is 1.